The molecule has 1 heterocycles. The number of rotatable bonds is 5. The lowest BCUT2D eigenvalue weighted by Crippen LogP contribution is -2.45. The van der Waals surface area contributed by atoms with Gasteiger partial charge in [0.25, 0.3) is 0 Å². The predicted molar refractivity (Wildman–Crippen MR) is 82.3 cm³/mol. The third-order valence-electron chi connectivity index (χ3n) is 4.09. The van der Waals surface area contributed by atoms with E-state index in [4.69, 9.17) is 0 Å². The Kier molecular flexibility index (Phi) is 5.18. The number of benzene rings is 1. The normalized spacial score (nSPS) is 19.1. The van der Waals surface area contributed by atoms with Crippen molar-refractivity contribution in [3.8, 4) is 0 Å². The summed E-state index contributed by atoms with van der Waals surface area (Å²) in [6.45, 7) is 3.78. The van der Waals surface area contributed by atoms with Gasteiger partial charge in [0.15, 0.2) is 0 Å². The van der Waals surface area contributed by atoms with E-state index < -0.39 is 10.0 Å². The summed E-state index contributed by atoms with van der Waals surface area (Å²) in [7, 11) is -1.48. The SMILES string of the molecule is CC(CS(=O)(=O)N(C)C1CCNCC1)c1ccccc1. The van der Waals surface area contributed by atoms with Gasteiger partial charge in [-0.2, -0.15) is 0 Å². The van der Waals surface area contributed by atoms with Crippen LogP contribution in [0.5, 0.6) is 0 Å². The van der Waals surface area contributed by atoms with Crippen LogP contribution in [-0.4, -0.2) is 44.7 Å². The molecule has 4 nitrogen and oxygen atoms in total. The second kappa shape index (κ2) is 6.70. The van der Waals surface area contributed by atoms with Crippen molar-refractivity contribution in [1.82, 2.24) is 9.62 Å². The number of sulfonamides is 1. The number of nitrogens with zero attached hydrogens (tertiary/aromatic N) is 1. The van der Waals surface area contributed by atoms with E-state index >= 15 is 0 Å². The fraction of sp³-hybridized carbons (Fsp3) is 0.600. The van der Waals surface area contributed by atoms with E-state index in [0.29, 0.717) is 0 Å². The standard InChI is InChI=1S/C15H24N2O2S/c1-13(14-6-4-3-5-7-14)12-20(18,19)17(2)15-8-10-16-11-9-15/h3-7,13,15-16H,8-12H2,1-2H3. The molecule has 5 heteroatoms. The van der Waals surface area contributed by atoms with Crippen LogP contribution in [0.3, 0.4) is 0 Å². The van der Waals surface area contributed by atoms with Crippen LogP contribution in [-0.2, 0) is 10.0 Å². The Bertz CT molecular complexity index is 510. The molecule has 0 bridgehead atoms. The molecule has 1 aromatic rings. The fourth-order valence-corrected chi connectivity index (χ4v) is 4.43. The van der Waals surface area contributed by atoms with E-state index in [1.807, 2.05) is 37.3 Å². The van der Waals surface area contributed by atoms with Crippen molar-refractivity contribution in [1.29, 1.82) is 0 Å². The van der Waals surface area contributed by atoms with Crippen molar-refractivity contribution < 1.29 is 8.42 Å². The summed E-state index contributed by atoms with van der Waals surface area (Å²) in [5.74, 6) is 0.197. The van der Waals surface area contributed by atoms with Crippen LogP contribution in [0, 0.1) is 0 Å². The average Bonchev–Trinajstić information content (AvgIpc) is 2.48. The minimum Gasteiger partial charge on any atom is -0.317 e. The molecule has 2 rings (SSSR count). The zero-order chi connectivity index (χ0) is 14.6. The molecule has 20 heavy (non-hydrogen) atoms. The van der Waals surface area contributed by atoms with Crippen molar-refractivity contribution in [2.24, 2.45) is 0 Å². The lowest BCUT2D eigenvalue weighted by molar-refractivity contribution is 0.296. The summed E-state index contributed by atoms with van der Waals surface area (Å²) in [6.07, 6.45) is 1.80. The smallest absolute Gasteiger partial charge is 0.214 e. The summed E-state index contributed by atoms with van der Waals surface area (Å²) < 4.78 is 26.6. The summed E-state index contributed by atoms with van der Waals surface area (Å²) in [5, 5.41) is 3.27. The van der Waals surface area contributed by atoms with Gasteiger partial charge in [0.2, 0.25) is 10.0 Å². The van der Waals surface area contributed by atoms with E-state index in [1.54, 1.807) is 11.4 Å². The van der Waals surface area contributed by atoms with Crippen LogP contribution in [0.2, 0.25) is 0 Å². The molecular weight excluding hydrogens is 272 g/mol. The second-order valence-corrected chi connectivity index (χ2v) is 7.66. The molecule has 1 aliphatic rings. The molecule has 0 spiro atoms. The number of piperidine rings is 1. The maximum atomic E-state index is 12.5. The van der Waals surface area contributed by atoms with Crippen molar-refractivity contribution in [2.75, 3.05) is 25.9 Å². The summed E-state index contributed by atoms with van der Waals surface area (Å²) >= 11 is 0. The summed E-state index contributed by atoms with van der Waals surface area (Å²) in [5.41, 5.74) is 1.08. The lowest BCUT2D eigenvalue weighted by Gasteiger charge is -2.31. The van der Waals surface area contributed by atoms with Gasteiger partial charge in [0.05, 0.1) is 5.75 Å². The molecule has 1 fully saturated rings. The Morgan fingerprint density at radius 1 is 1.25 bits per heavy atom. The largest absolute Gasteiger partial charge is 0.317 e. The first-order valence-corrected chi connectivity index (χ1v) is 8.83. The highest BCUT2D eigenvalue weighted by atomic mass is 32.2. The van der Waals surface area contributed by atoms with E-state index in [1.165, 1.54) is 0 Å². The fourth-order valence-electron chi connectivity index (χ4n) is 2.71. The minimum absolute atomic E-state index is 0.0189. The van der Waals surface area contributed by atoms with Crippen LogP contribution in [0.15, 0.2) is 30.3 Å². The summed E-state index contributed by atoms with van der Waals surface area (Å²) in [6, 6.07) is 9.98. The van der Waals surface area contributed by atoms with Crippen molar-refractivity contribution in [3.05, 3.63) is 35.9 Å². The predicted octanol–water partition coefficient (Wildman–Crippen LogP) is 1.80. The molecule has 112 valence electrons. The van der Waals surface area contributed by atoms with E-state index in [0.717, 1.165) is 31.5 Å². The topological polar surface area (TPSA) is 49.4 Å². The Balaban J connectivity index is 2.02. The number of hydrogen-bond acceptors (Lipinski definition) is 3. The lowest BCUT2D eigenvalue weighted by atomic mass is 10.0. The molecule has 0 radical (unpaired) electrons. The first-order valence-electron chi connectivity index (χ1n) is 7.22. The van der Waals surface area contributed by atoms with Gasteiger partial charge in [-0.3, -0.25) is 0 Å². The molecule has 0 amide bonds. The van der Waals surface area contributed by atoms with Gasteiger partial charge in [0, 0.05) is 13.1 Å². The van der Waals surface area contributed by atoms with Crippen LogP contribution >= 0.6 is 0 Å². The Hall–Kier alpha value is -0.910. The van der Waals surface area contributed by atoms with Gasteiger partial charge in [-0.25, -0.2) is 12.7 Å². The van der Waals surface area contributed by atoms with E-state index in [9.17, 15) is 8.42 Å². The van der Waals surface area contributed by atoms with Gasteiger partial charge in [-0.15, -0.1) is 0 Å². The second-order valence-electron chi connectivity index (χ2n) is 5.59. The first-order chi connectivity index (χ1) is 9.50. The van der Waals surface area contributed by atoms with E-state index in [2.05, 4.69) is 5.32 Å². The van der Waals surface area contributed by atoms with E-state index in [-0.39, 0.29) is 17.7 Å². The minimum atomic E-state index is -3.20. The highest BCUT2D eigenvalue weighted by molar-refractivity contribution is 7.89. The molecule has 0 saturated carbocycles. The third kappa shape index (κ3) is 3.81. The Morgan fingerprint density at radius 3 is 2.45 bits per heavy atom. The van der Waals surface area contributed by atoms with Crippen molar-refractivity contribution >= 4 is 10.0 Å². The van der Waals surface area contributed by atoms with Gasteiger partial charge in [-0.05, 0) is 37.4 Å². The molecular formula is C15H24N2O2S. The van der Waals surface area contributed by atoms with Crippen molar-refractivity contribution in [3.63, 3.8) is 0 Å². The molecule has 1 atom stereocenters. The zero-order valence-corrected chi connectivity index (χ0v) is 13.1. The van der Waals surface area contributed by atoms with Gasteiger partial charge >= 0.3 is 0 Å². The van der Waals surface area contributed by atoms with Gasteiger partial charge in [0.1, 0.15) is 0 Å². The monoisotopic (exact) mass is 296 g/mol. The molecule has 1 unspecified atom stereocenters. The Morgan fingerprint density at radius 2 is 1.85 bits per heavy atom. The molecule has 1 saturated heterocycles. The quantitative estimate of drug-likeness (QED) is 0.901. The van der Waals surface area contributed by atoms with Crippen LogP contribution < -0.4 is 5.32 Å². The maximum absolute atomic E-state index is 12.5. The van der Waals surface area contributed by atoms with Gasteiger partial charge < -0.3 is 5.32 Å². The molecule has 1 aliphatic heterocycles. The Labute approximate surface area is 122 Å². The zero-order valence-electron chi connectivity index (χ0n) is 12.2. The molecule has 1 N–H and O–H groups in total. The van der Waals surface area contributed by atoms with Crippen LogP contribution in [0.1, 0.15) is 31.2 Å². The van der Waals surface area contributed by atoms with Gasteiger partial charge in [-0.1, -0.05) is 37.3 Å². The highest BCUT2D eigenvalue weighted by Gasteiger charge is 2.29. The number of hydrogen-bond donors (Lipinski definition) is 1. The highest BCUT2D eigenvalue weighted by Crippen LogP contribution is 2.21. The molecule has 0 aliphatic carbocycles. The van der Waals surface area contributed by atoms with Crippen molar-refractivity contribution in [2.45, 2.75) is 31.7 Å². The average molecular weight is 296 g/mol. The third-order valence-corrected chi connectivity index (χ3v) is 6.19. The molecule has 0 aromatic heterocycles. The molecule has 1 aromatic carbocycles. The van der Waals surface area contributed by atoms with Crippen LogP contribution in [0.25, 0.3) is 0 Å². The maximum Gasteiger partial charge on any atom is 0.214 e. The van der Waals surface area contributed by atoms with Crippen LogP contribution in [0.4, 0.5) is 0 Å². The first kappa shape index (κ1) is 15.5. The summed E-state index contributed by atoms with van der Waals surface area (Å²) in [4.78, 5) is 0. The number of nitrogens with one attached hydrogen (secondary N) is 1.